The zero-order valence-electron chi connectivity index (χ0n) is 10.9. The Bertz CT molecular complexity index is 352. The van der Waals surface area contributed by atoms with Crippen molar-refractivity contribution in [2.45, 2.75) is 19.1 Å². The molecule has 1 saturated heterocycles. The second-order valence-electron chi connectivity index (χ2n) is 4.65. The number of nitrogens with zero attached hydrogens (tertiary/aromatic N) is 3. The molecular weight excluding hydrogens is 216 g/mol. The molecule has 1 aliphatic heterocycles. The van der Waals surface area contributed by atoms with Gasteiger partial charge in [0, 0.05) is 31.9 Å². The maximum Gasteiger partial charge on any atom is 0.0897 e. The number of aromatic nitrogens is 2. The van der Waals surface area contributed by atoms with Gasteiger partial charge in [0.05, 0.1) is 24.9 Å². The van der Waals surface area contributed by atoms with E-state index in [-0.39, 0.29) is 12.1 Å². The number of rotatable bonds is 4. The summed E-state index contributed by atoms with van der Waals surface area (Å²) in [6, 6.07) is 0.233. The van der Waals surface area contributed by atoms with E-state index in [1.54, 1.807) is 0 Å². The highest BCUT2D eigenvalue weighted by Crippen LogP contribution is 2.21. The molecule has 1 aromatic rings. The number of ether oxygens (including phenoxy) is 1. The molecule has 0 radical (unpaired) electrons. The highest BCUT2D eigenvalue weighted by Gasteiger charge is 2.28. The van der Waals surface area contributed by atoms with Crippen LogP contribution in [0.3, 0.4) is 0 Å². The second kappa shape index (κ2) is 5.62. The van der Waals surface area contributed by atoms with E-state index in [4.69, 9.17) is 4.74 Å². The smallest absolute Gasteiger partial charge is 0.0897 e. The average molecular weight is 238 g/mol. The van der Waals surface area contributed by atoms with E-state index in [1.165, 1.54) is 5.56 Å². The number of likely N-dealkylation sites (N-methyl/N-ethyl adjacent to an activating group) is 2. The molecule has 0 saturated carbocycles. The van der Waals surface area contributed by atoms with Gasteiger partial charge in [0.25, 0.3) is 0 Å². The van der Waals surface area contributed by atoms with Crippen LogP contribution in [0.2, 0.25) is 0 Å². The van der Waals surface area contributed by atoms with Crippen molar-refractivity contribution >= 4 is 0 Å². The fourth-order valence-electron chi connectivity index (χ4n) is 2.30. The van der Waals surface area contributed by atoms with Gasteiger partial charge in [0.2, 0.25) is 0 Å². The number of hydrogen-bond donors (Lipinski definition) is 1. The van der Waals surface area contributed by atoms with Crippen LogP contribution in [0.4, 0.5) is 0 Å². The van der Waals surface area contributed by atoms with Crippen LogP contribution >= 0.6 is 0 Å². The molecule has 0 amide bonds. The van der Waals surface area contributed by atoms with Gasteiger partial charge in [-0.1, -0.05) is 6.92 Å². The molecule has 1 fully saturated rings. The van der Waals surface area contributed by atoms with E-state index in [2.05, 4.69) is 35.5 Å². The van der Waals surface area contributed by atoms with Crippen molar-refractivity contribution in [3.05, 3.63) is 18.0 Å². The van der Waals surface area contributed by atoms with E-state index in [0.717, 1.165) is 26.2 Å². The summed E-state index contributed by atoms with van der Waals surface area (Å²) < 4.78 is 7.73. The van der Waals surface area contributed by atoms with Crippen LogP contribution in [-0.2, 0) is 11.8 Å². The van der Waals surface area contributed by atoms with Gasteiger partial charge in [-0.15, -0.1) is 0 Å². The van der Waals surface area contributed by atoms with Crippen molar-refractivity contribution < 1.29 is 4.74 Å². The van der Waals surface area contributed by atoms with Crippen molar-refractivity contribution in [1.29, 1.82) is 0 Å². The van der Waals surface area contributed by atoms with Gasteiger partial charge in [0.1, 0.15) is 0 Å². The molecular formula is C12H22N4O. The van der Waals surface area contributed by atoms with Gasteiger partial charge in [-0.05, 0) is 13.6 Å². The Kier molecular flexibility index (Phi) is 4.15. The summed E-state index contributed by atoms with van der Waals surface area (Å²) in [5.74, 6) is 0. The van der Waals surface area contributed by atoms with Crippen molar-refractivity contribution in [2.75, 3.05) is 33.3 Å². The van der Waals surface area contributed by atoms with Crippen molar-refractivity contribution in [2.24, 2.45) is 7.05 Å². The molecule has 1 aliphatic rings. The van der Waals surface area contributed by atoms with Crippen LogP contribution < -0.4 is 5.32 Å². The maximum atomic E-state index is 5.89. The van der Waals surface area contributed by atoms with E-state index in [1.807, 2.05) is 17.9 Å². The third-order valence-electron chi connectivity index (χ3n) is 3.18. The summed E-state index contributed by atoms with van der Waals surface area (Å²) in [7, 11) is 4.09. The fraction of sp³-hybridized carbons (Fsp3) is 0.750. The van der Waals surface area contributed by atoms with Crippen LogP contribution in [0, 0.1) is 0 Å². The third kappa shape index (κ3) is 3.06. The van der Waals surface area contributed by atoms with Crippen molar-refractivity contribution in [3.8, 4) is 0 Å². The maximum absolute atomic E-state index is 5.89. The first-order valence-electron chi connectivity index (χ1n) is 6.22. The topological polar surface area (TPSA) is 42.3 Å². The first-order valence-corrected chi connectivity index (χ1v) is 6.22. The SMILES string of the molecule is CCNC(c1cnn(C)c1)C1CN(C)CCO1. The molecule has 5 heteroatoms. The van der Waals surface area contributed by atoms with Gasteiger partial charge in [-0.3, -0.25) is 4.68 Å². The zero-order valence-corrected chi connectivity index (χ0v) is 10.9. The fourth-order valence-corrected chi connectivity index (χ4v) is 2.30. The molecule has 5 nitrogen and oxygen atoms in total. The lowest BCUT2D eigenvalue weighted by Gasteiger charge is -2.35. The summed E-state index contributed by atoms with van der Waals surface area (Å²) in [6.45, 7) is 5.84. The van der Waals surface area contributed by atoms with E-state index >= 15 is 0 Å². The van der Waals surface area contributed by atoms with Crippen LogP contribution in [0.25, 0.3) is 0 Å². The molecule has 2 rings (SSSR count). The first-order chi connectivity index (χ1) is 8.20. The number of aryl methyl sites for hydroxylation is 1. The molecule has 1 N–H and O–H groups in total. The van der Waals surface area contributed by atoms with Crippen LogP contribution in [0.1, 0.15) is 18.5 Å². The molecule has 17 heavy (non-hydrogen) atoms. The van der Waals surface area contributed by atoms with E-state index in [9.17, 15) is 0 Å². The Morgan fingerprint density at radius 2 is 2.41 bits per heavy atom. The van der Waals surface area contributed by atoms with Gasteiger partial charge in [-0.25, -0.2) is 0 Å². The molecule has 96 valence electrons. The monoisotopic (exact) mass is 238 g/mol. The minimum atomic E-state index is 0.206. The van der Waals surface area contributed by atoms with E-state index in [0.29, 0.717) is 0 Å². The first kappa shape index (κ1) is 12.5. The lowest BCUT2D eigenvalue weighted by atomic mass is 10.0. The third-order valence-corrected chi connectivity index (χ3v) is 3.18. The molecule has 1 aromatic heterocycles. The van der Waals surface area contributed by atoms with Crippen LogP contribution in [0.5, 0.6) is 0 Å². The van der Waals surface area contributed by atoms with Crippen molar-refractivity contribution in [3.63, 3.8) is 0 Å². The normalized spacial score (nSPS) is 23.8. The van der Waals surface area contributed by atoms with Gasteiger partial charge in [0.15, 0.2) is 0 Å². The summed E-state index contributed by atoms with van der Waals surface area (Å²) in [6.07, 6.45) is 4.19. The molecule has 2 unspecified atom stereocenters. The predicted molar refractivity (Wildman–Crippen MR) is 66.9 cm³/mol. The molecule has 0 aliphatic carbocycles. The zero-order chi connectivity index (χ0) is 12.3. The lowest BCUT2D eigenvalue weighted by Crippen LogP contribution is -2.46. The lowest BCUT2D eigenvalue weighted by molar-refractivity contribution is -0.0390. The Balaban J connectivity index is 2.10. The Morgan fingerprint density at radius 3 is 3.00 bits per heavy atom. The summed E-state index contributed by atoms with van der Waals surface area (Å²) in [5.41, 5.74) is 1.20. The average Bonchev–Trinajstić information content (AvgIpc) is 2.72. The van der Waals surface area contributed by atoms with Gasteiger partial charge >= 0.3 is 0 Å². The van der Waals surface area contributed by atoms with E-state index < -0.39 is 0 Å². The molecule has 2 atom stereocenters. The predicted octanol–water partition coefficient (Wildman–Crippen LogP) is 0.401. The molecule has 0 aromatic carbocycles. The summed E-state index contributed by atoms with van der Waals surface area (Å²) in [5, 5.41) is 7.74. The second-order valence-corrected chi connectivity index (χ2v) is 4.65. The minimum absolute atomic E-state index is 0.206. The highest BCUT2D eigenvalue weighted by molar-refractivity contribution is 5.13. The summed E-state index contributed by atoms with van der Waals surface area (Å²) >= 11 is 0. The molecule has 0 spiro atoms. The quantitative estimate of drug-likeness (QED) is 0.824. The standard InChI is InChI=1S/C12H22N4O/c1-4-13-12(10-7-14-16(3)8-10)11-9-15(2)5-6-17-11/h7-8,11-13H,4-6,9H2,1-3H3. The minimum Gasteiger partial charge on any atom is -0.374 e. The number of nitrogens with one attached hydrogen (secondary N) is 1. The van der Waals surface area contributed by atoms with Crippen LogP contribution in [0.15, 0.2) is 12.4 Å². The Labute approximate surface area is 103 Å². The Morgan fingerprint density at radius 1 is 1.59 bits per heavy atom. The Hall–Kier alpha value is -0.910. The number of hydrogen-bond acceptors (Lipinski definition) is 4. The molecule has 2 heterocycles. The van der Waals surface area contributed by atoms with Gasteiger partial charge < -0.3 is 15.0 Å². The molecule has 0 bridgehead atoms. The van der Waals surface area contributed by atoms with Gasteiger partial charge in [-0.2, -0.15) is 5.10 Å². The number of morpholine rings is 1. The largest absolute Gasteiger partial charge is 0.374 e. The van der Waals surface area contributed by atoms with Crippen LogP contribution in [-0.4, -0.2) is 54.1 Å². The highest BCUT2D eigenvalue weighted by atomic mass is 16.5. The van der Waals surface area contributed by atoms with Crippen molar-refractivity contribution in [1.82, 2.24) is 20.0 Å². The summed E-state index contributed by atoms with van der Waals surface area (Å²) in [4.78, 5) is 2.31.